The molecule has 2 aromatic rings. The Hall–Kier alpha value is -2.39. The number of rotatable bonds is 6. The van der Waals surface area contributed by atoms with Crippen molar-refractivity contribution in [2.75, 3.05) is 25.2 Å². The highest BCUT2D eigenvalue weighted by atomic mass is 16.5. The lowest BCUT2D eigenvalue weighted by atomic mass is 10.3. The largest absolute Gasteiger partial charge is 0.464 e. The van der Waals surface area contributed by atoms with E-state index in [4.69, 9.17) is 14.4 Å². The molecule has 0 amide bonds. The van der Waals surface area contributed by atoms with E-state index < -0.39 is 0 Å². The average molecular weight is 272 g/mol. The molecule has 2 rings (SSSR count). The lowest BCUT2D eigenvalue weighted by Gasteiger charge is -2.21. The molecule has 0 aliphatic rings. The first-order valence-electron chi connectivity index (χ1n) is 6.26. The van der Waals surface area contributed by atoms with E-state index in [1.54, 1.807) is 19.2 Å². The van der Waals surface area contributed by atoms with E-state index in [-0.39, 0.29) is 0 Å². The standard InChI is InChI=1S/C14H16N4O2/c1-11-3-5-13(20-11)10-18(7-8-19-2)14-6-4-12(9-15)16-17-14/h3-6H,7-8,10H2,1-2H3. The summed E-state index contributed by atoms with van der Waals surface area (Å²) in [6.45, 7) is 3.72. The van der Waals surface area contributed by atoms with Crippen LogP contribution in [0.1, 0.15) is 17.2 Å². The van der Waals surface area contributed by atoms with Gasteiger partial charge in [-0.1, -0.05) is 0 Å². The van der Waals surface area contributed by atoms with E-state index in [1.165, 1.54) is 0 Å². The summed E-state index contributed by atoms with van der Waals surface area (Å²) in [5, 5.41) is 16.7. The molecule has 2 aromatic heterocycles. The number of anilines is 1. The molecule has 20 heavy (non-hydrogen) atoms. The fraction of sp³-hybridized carbons (Fsp3) is 0.357. The van der Waals surface area contributed by atoms with Gasteiger partial charge in [0.15, 0.2) is 11.5 Å². The first-order valence-corrected chi connectivity index (χ1v) is 6.26. The van der Waals surface area contributed by atoms with Crippen LogP contribution in [-0.4, -0.2) is 30.5 Å². The van der Waals surface area contributed by atoms with Crippen molar-refractivity contribution in [3.8, 4) is 6.07 Å². The van der Waals surface area contributed by atoms with Gasteiger partial charge in [-0.2, -0.15) is 5.26 Å². The normalized spacial score (nSPS) is 10.2. The maximum Gasteiger partial charge on any atom is 0.163 e. The van der Waals surface area contributed by atoms with Crippen molar-refractivity contribution < 1.29 is 9.15 Å². The minimum absolute atomic E-state index is 0.300. The highest BCUT2D eigenvalue weighted by Crippen LogP contribution is 2.15. The number of nitriles is 1. The van der Waals surface area contributed by atoms with Gasteiger partial charge in [0.2, 0.25) is 0 Å². The molecule has 0 spiro atoms. The van der Waals surface area contributed by atoms with Gasteiger partial charge in [0, 0.05) is 13.7 Å². The number of hydrogen-bond donors (Lipinski definition) is 0. The Kier molecular flexibility index (Phi) is 4.69. The zero-order valence-corrected chi connectivity index (χ0v) is 11.5. The first kappa shape index (κ1) is 14.0. The summed E-state index contributed by atoms with van der Waals surface area (Å²) < 4.78 is 10.7. The number of hydrogen-bond acceptors (Lipinski definition) is 6. The third-order valence-electron chi connectivity index (χ3n) is 2.80. The van der Waals surface area contributed by atoms with Crippen molar-refractivity contribution in [2.45, 2.75) is 13.5 Å². The Morgan fingerprint density at radius 3 is 2.70 bits per heavy atom. The minimum Gasteiger partial charge on any atom is -0.464 e. The Morgan fingerprint density at radius 2 is 2.15 bits per heavy atom. The van der Waals surface area contributed by atoms with Crippen LogP contribution in [-0.2, 0) is 11.3 Å². The van der Waals surface area contributed by atoms with E-state index in [1.807, 2.05) is 30.0 Å². The summed E-state index contributed by atoms with van der Waals surface area (Å²) in [6, 6.07) is 9.24. The fourth-order valence-corrected chi connectivity index (χ4v) is 1.79. The predicted octanol–water partition coefficient (Wildman–Crippen LogP) is 1.90. The van der Waals surface area contributed by atoms with Crippen molar-refractivity contribution in [1.29, 1.82) is 5.26 Å². The van der Waals surface area contributed by atoms with Crippen LogP contribution in [0.15, 0.2) is 28.7 Å². The van der Waals surface area contributed by atoms with Crippen LogP contribution < -0.4 is 4.90 Å². The topological polar surface area (TPSA) is 75.2 Å². The quantitative estimate of drug-likeness (QED) is 0.799. The molecule has 0 unspecified atom stereocenters. The van der Waals surface area contributed by atoms with Crippen LogP contribution in [0, 0.1) is 18.3 Å². The third-order valence-corrected chi connectivity index (χ3v) is 2.80. The lowest BCUT2D eigenvalue weighted by Crippen LogP contribution is -2.27. The highest BCUT2D eigenvalue weighted by molar-refractivity contribution is 5.39. The van der Waals surface area contributed by atoms with Crippen molar-refractivity contribution in [2.24, 2.45) is 0 Å². The van der Waals surface area contributed by atoms with Gasteiger partial charge < -0.3 is 14.1 Å². The second kappa shape index (κ2) is 6.68. The number of ether oxygens (including phenoxy) is 1. The van der Waals surface area contributed by atoms with Crippen LogP contribution in [0.5, 0.6) is 0 Å². The first-order chi connectivity index (χ1) is 9.72. The van der Waals surface area contributed by atoms with Crippen LogP contribution >= 0.6 is 0 Å². The third kappa shape index (κ3) is 3.56. The highest BCUT2D eigenvalue weighted by Gasteiger charge is 2.11. The summed E-state index contributed by atoms with van der Waals surface area (Å²) >= 11 is 0. The maximum absolute atomic E-state index is 8.75. The number of nitrogens with zero attached hydrogens (tertiary/aromatic N) is 4. The molecular weight excluding hydrogens is 256 g/mol. The zero-order chi connectivity index (χ0) is 14.4. The molecule has 0 saturated carbocycles. The number of furan rings is 1. The molecule has 0 N–H and O–H groups in total. The van der Waals surface area contributed by atoms with Crippen molar-refractivity contribution in [3.05, 3.63) is 41.5 Å². The van der Waals surface area contributed by atoms with Gasteiger partial charge in [0.05, 0.1) is 13.2 Å². The molecule has 0 aliphatic heterocycles. The van der Waals surface area contributed by atoms with Crippen molar-refractivity contribution in [1.82, 2.24) is 10.2 Å². The van der Waals surface area contributed by atoms with Gasteiger partial charge >= 0.3 is 0 Å². The van der Waals surface area contributed by atoms with Crippen molar-refractivity contribution in [3.63, 3.8) is 0 Å². The van der Waals surface area contributed by atoms with E-state index >= 15 is 0 Å². The Labute approximate surface area is 117 Å². The summed E-state index contributed by atoms with van der Waals surface area (Å²) in [7, 11) is 1.65. The zero-order valence-electron chi connectivity index (χ0n) is 11.5. The van der Waals surface area contributed by atoms with Gasteiger partial charge in [-0.05, 0) is 31.2 Å². The second-order valence-electron chi connectivity index (χ2n) is 4.32. The summed E-state index contributed by atoms with van der Waals surface area (Å²) in [5.41, 5.74) is 0.300. The molecule has 0 bridgehead atoms. The average Bonchev–Trinajstić information content (AvgIpc) is 2.89. The molecule has 0 aliphatic carbocycles. The van der Waals surface area contributed by atoms with Crippen LogP contribution in [0.3, 0.4) is 0 Å². The van der Waals surface area contributed by atoms with Crippen molar-refractivity contribution >= 4 is 5.82 Å². The molecule has 0 atom stereocenters. The van der Waals surface area contributed by atoms with Gasteiger partial charge in [-0.3, -0.25) is 0 Å². The molecule has 6 heteroatoms. The molecule has 6 nitrogen and oxygen atoms in total. The van der Waals surface area contributed by atoms with E-state index in [2.05, 4.69) is 10.2 Å². The summed E-state index contributed by atoms with van der Waals surface area (Å²) in [6.07, 6.45) is 0. The van der Waals surface area contributed by atoms with Crippen LogP contribution in [0.4, 0.5) is 5.82 Å². The minimum atomic E-state index is 0.300. The second-order valence-corrected chi connectivity index (χ2v) is 4.32. The summed E-state index contributed by atoms with van der Waals surface area (Å²) in [4.78, 5) is 2.00. The van der Waals surface area contributed by atoms with Crippen LogP contribution in [0.2, 0.25) is 0 Å². The molecule has 0 saturated heterocycles. The van der Waals surface area contributed by atoms with Gasteiger partial charge in [-0.15, -0.1) is 10.2 Å². The Balaban J connectivity index is 2.15. The molecular formula is C14H16N4O2. The van der Waals surface area contributed by atoms with Crippen LogP contribution in [0.25, 0.3) is 0 Å². The molecule has 0 aromatic carbocycles. The fourth-order valence-electron chi connectivity index (χ4n) is 1.79. The van der Waals surface area contributed by atoms with E-state index in [0.717, 1.165) is 11.5 Å². The Morgan fingerprint density at radius 1 is 1.30 bits per heavy atom. The molecule has 104 valence electrons. The maximum atomic E-state index is 8.75. The molecule has 2 heterocycles. The van der Waals surface area contributed by atoms with E-state index in [9.17, 15) is 0 Å². The number of aromatic nitrogens is 2. The smallest absolute Gasteiger partial charge is 0.163 e. The monoisotopic (exact) mass is 272 g/mol. The number of aryl methyl sites for hydroxylation is 1. The van der Waals surface area contributed by atoms with E-state index in [0.29, 0.717) is 31.2 Å². The number of methoxy groups -OCH3 is 1. The SMILES string of the molecule is COCCN(Cc1ccc(C)o1)c1ccc(C#N)nn1. The molecule has 0 fully saturated rings. The van der Waals surface area contributed by atoms with Gasteiger partial charge in [0.1, 0.15) is 17.6 Å². The van der Waals surface area contributed by atoms with Gasteiger partial charge in [0.25, 0.3) is 0 Å². The van der Waals surface area contributed by atoms with Gasteiger partial charge in [-0.25, -0.2) is 0 Å². The Bertz CT molecular complexity index is 586. The summed E-state index contributed by atoms with van der Waals surface area (Å²) in [5.74, 6) is 2.41. The molecule has 0 radical (unpaired) electrons. The predicted molar refractivity (Wildman–Crippen MR) is 73.1 cm³/mol. The lowest BCUT2D eigenvalue weighted by molar-refractivity contribution is 0.204.